The number of ether oxygens (including phenoxy) is 3. The molecule has 206 valence electrons. The normalized spacial score (nSPS) is 20.4. The molecule has 0 saturated carbocycles. The third kappa shape index (κ3) is 6.11. The van der Waals surface area contributed by atoms with Crippen molar-refractivity contribution in [2.75, 3.05) is 45.3 Å². The molecule has 2 atom stereocenters. The smallest absolute Gasteiger partial charge is 0.325 e. The topological polar surface area (TPSA) is 93.2 Å². The highest BCUT2D eigenvalue weighted by molar-refractivity contribution is 5.76. The van der Waals surface area contributed by atoms with Gasteiger partial charge in [0.05, 0.1) is 19.3 Å². The molecule has 2 aromatic rings. The number of rotatable bonds is 12. The Morgan fingerprint density at radius 2 is 2.13 bits per heavy atom. The van der Waals surface area contributed by atoms with E-state index in [1.807, 2.05) is 4.90 Å². The average Bonchev–Trinajstić information content (AvgIpc) is 3.43. The number of carbonyl (C=O) groups is 1. The number of methoxy groups -OCH3 is 1. The average molecular weight is 528 g/mol. The van der Waals surface area contributed by atoms with Crippen LogP contribution in [0.4, 0.5) is 10.2 Å². The number of nitrogens with one attached hydrogen (secondary N) is 1. The number of carboxylic acids is 1. The number of halogens is 1. The van der Waals surface area contributed by atoms with Crippen LogP contribution >= 0.6 is 0 Å². The van der Waals surface area contributed by atoms with Crippen molar-refractivity contribution in [3.05, 3.63) is 52.5 Å². The zero-order valence-electron chi connectivity index (χ0n) is 22.1. The van der Waals surface area contributed by atoms with Crippen molar-refractivity contribution in [3.8, 4) is 5.75 Å². The fourth-order valence-corrected chi connectivity index (χ4v) is 5.77. The van der Waals surface area contributed by atoms with Crippen molar-refractivity contribution in [2.45, 2.75) is 69.6 Å². The third-order valence-electron chi connectivity index (χ3n) is 7.78. The zero-order chi connectivity index (χ0) is 26.5. The van der Waals surface area contributed by atoms with Gasteiger partial charge < -0.3 is 24.6 Å². The Morgan fingerprint density at radius 1 is 1.26 bits per heavy atom. The molecule has 9 heteroatoms. The second kappa shape index (κ2) is 12.4. The molecule has 0 aliphatic carbocycles. The minimum Gasteiger partial charge on any atom is -0.496 e. The van der Waals surface area contributed by atoms with Crippen LogP contribution in [0.3, 0.4) is 0 Å². The Hall–Kier alpha value is -2.75. The molecule has 2 N–H and O–H groups in total. The van der Waals surface area contributed by atoms with E-state index in [9.17, 15) is 14.3 Å². The molecule has 0 radical (unpaired) electrons. The van der Waals surface area contributed by atoms with Gasteiger partial charge in [-0.15, -0.1) is 0 Å². The summed E-state index contributed by atoms with van der Waals surface area (Å²) in [5.74, 6) is 0.484. The SMILES string of the molecule is COc1cc(CCCCCOC2CN(C(C(=O)O)c3cc(F)ccc3C3CCCO3)C2)nc2c1CCCN2. The zero-order valence-corrected chi connectivity index (χ0v) is 22.1. The molecule has 3 aliphatic heterocycles. The minimum absolute atomic E-state index is 0.00534. The standard InChI is InChI=1S/C29H38FN3O5/c1-36-26-16-20(32-28-23(26)8-5-12-31-28)7-3-2-4-13-37-21-17-33(18-21)27(29(34)35)24-15-19(30)10-11-22(24)25-9-6-14-38-25/h10-11,15-16,21,25,27H,2-9,12-14,17-18H2,1H3,(H,31,32)(H,34,35). The lowest BCUT2D eigenvalue weighted by Crippen LogP contribution is -2.55. The van der Waals surface area contributed by atoms with Crippen molar-refractivity contribution in [1.29, 1.82) is 0 Å². The molecule has 2 fully saturated rings. The monoisotopic (exact) mass is 527 g/mol. The molecular weight excluding hydrogens is 489 g/mol. The molecule has 1 aromatic heterocycles. The van der Waals surface area contributed by atoms with Crippen LogP contribution in [0.5, 0.6) is 5.75 Å². The van der Waals surface area contributed by atoms with Crippen molar-refractivity contribution >= 4 is 11.8 Å². The molecule has 2 unspecified atom stereocenters. The number of hydrogen-bond acceptors (Lipinski definition) is 7. The second-order valence-electron chi connectivity index (χ2n) is 10.4. The lowest BCUT2D eigenvalue weighted by atomic mass is 9.92. The van der Waals surface area contributed by atoms with Crippen LogP contribution in [0.15, 0.2) is 24.3 Å². The Morgan fingerprint density at radius 3 is 2.89 bits per heavy atom. The maximum Gasteiger partial charge on any atom is 0.325 e. The number of aromatic nitrogens is 1. The number of hydrogen-bond donors (Lipinski definition) is 2. The number of likely N-dealkylation sites (tertiary alicyclic amines) is 1. The number of benzene rings is 1. The van der Waals surface area contributed by atoms with E-state index in [1.54, 1.807) is 13.2 Å². The summed E-state index contributed by atoms with van der Waals surface area (Å²) in [6.07, 6.45) is 7.54. The van der Waals surface area contributed by atoms with Gasteiger partial charge in [0.1, 0.15) is 23.4 Å². The number of anilines is 1. The summed E-state index contributed by atoms with van der Waals surface area (Å²) < 4.78 is 31.5. The van der Waals surface area contributed by atoms with Gasteiger partial charge in [-0.3, -0.25) is 9.69 Å². The summed E-state index contributed by atoms with van der Waals surface area (Å²) in [7, 11) is 1.71. The fraction of sp³-hybridized carbons (Fsp3) is 0.586. The Balaban J connectivity index is 1.06. The van der Waals surface area contributed by atoms with E-state index < -0.39 is 17.8 Å². The quantitative estimate of drug-likeness (QED) is 0.385. The van der Waals surface area contributed by atoms with Gasteiger partial charge in [-0.05, 0) is 68.2 Å². The largest absolute Gasteiger partial charge is 0.496 e. The second-order valence-corrected chi connectivity index (χ2v) is 10.4. The first kappa shape index (κ1) is 26.8. The van der Waals surface area contributed by atoms with Crippen LogP contribution in [0.1, 0.15) is 73.1 Å². The number of nitrogens with zero attached hydrogens (tertiary/aromatic N) is 2. The van der Waals surface area contributed by atoms with E-state index in [2.05, 4.69) is 11.4 Å². The maximum absolute atomic E-state index is 14.1. The lowest BCUT2D eigenvalue weighted by Gasteiger charge is -2.43. The molecule has 4 heterocycles. The van der Waals surface area contributed by atoms with Crippen LogP contribution in [-0.4, -0.2) is 67.0 Å². The number of aliphatic carboxylic acids is 1. The van der Waals surface area contributed by atoms with Crippen molar-refractivity contribution < 1.29 is 28.5 Å². The summed E-state index contributed by atoms with van der Waals surface area (Å²) in [6, 6.07) is 5.58. The molecule has 0 amide bonds. The first-order valence-electron chi connectivity index (χ1n) is 13.8. The third-order valence-corrected chi connectivity index (χ3v) is 7.78. The van der Waals surface area contributed by atoms with Gasteiger partial charge in [0.25, 0.3) is 0 Å². The molecule has 8 nitrogen and oxygen atoms in total. The minimum atomic E-state index is -0.976. The van der Waals surface area contributed by atoms with Gasteiger partial charge >= 0.3 is 5.97 Å². The fourth-order valence-electron chi connectivity index (χ4n) is 5.77. The van der Waals surface area contributed by atoms with Crippen LogP contribution in [-0.2, 0) is 27.1 Å². The van der Waals surface area contributed by atoms with Gasteiger partial charge in [-0.25, -0.2) is 9.37 Å². The van der Waals surface area contributed by atoms with E-state index in [0.717, 1.165) is 80.7 Å². The molecule has 0 spiro atoms. The molecule has 38 heavy (non-hydrogen) atoms. The molecule has 3 aliphatic rings. The summed E-state index contributed by atoms with van der Waals surface area (Å²) in [5, 5.41) is 13.4. The van der Waals surface area contributed by atoms with Gasteiger partial charge in [0.2, 0.25) is 0 Å². The van der Waals surface area contributed by atoms with Crippen LogP contribution in [0.2, 0.25) is 0 Å². The summed E-state index contributed by atoms with van der Waals surface area (Å²) in [4.78, 5) is 18.9. The van der Waals surface area contributed by atoms with Crippen molar-refractivity contribution in [3.63, 3.8) is 0 Å². The Labute approximate surface area is 223 Å². The molecule has 2 saturated heterocycles. The summed E-state index contributed by atoms with van der Waals surface area (Å²) in [6.45, 7) is 3.27. The Bertz CT molecular complexity index is 1100. The number of pyridine rings is 1. The highest BCUT2D eigenvalue weighted by Gasteiger charge is 2.39. The van der Waals surface area contributed by atoms with Crippen LogP contribution in [0.25, 0.3) is 0 Å². The first-order valence-corrected chi connectivity index (χ1v) is 13.8. The number of unbranched alkanes of at least 4 members (excludes halogenated alkanes) is 2. The van der Waals surface area contributed by atoms with E-state index >= 15 is 0 Å². The van der Waals surface area contributed by atoms with E-state index in [1.165, 1.54) is 17.7 Å². The molecule has 5 rings (SSSR count). The number of aryl methyl sites for hydroxylation is 1. The highest BCUT2D eigenvalue weighted by Crippen LogP contribution is 2.37. The highest BCUT2D eigenvalue weighted by atomic mass is 19.1. The Kier molecular flexibility index (Phi) is 8.76. The van der Waals surface area contributed by atoms with E-state index in [4.69, 9.17) is 19.2 Å². The molecule has 0 bridgehead atoms. The van der Waals surface area contributed by atoms with E-state index in [-0.39, 0.29) is 12.2 Å². The predicted molar refractivity (Wildman–Crippen MR) is 141 cm³/mol. The lowest BCUT2D eigenvalue weighted by molar-refractivity contribution is -0.151. The predicted octanol–water partition coefficient (Wildman–Crippen LogP) is 4.68. The molecule has 1 aromatic carbocycles. The van der Waals surface area contributed by atoms with Gasteiger partial charge in [0, 0.05) is 50.2 Å². The number of carboxylic acid groups (broad SMARTS) is 1. The maximum atomic E-state index is 14.1. The van der Waals surface area contributed by atoms with Gasteiger partial charge in [-0.2, -0.15) is 0 Å². The number of fused-ring (bicyclic) bond motifs is 1. The molecular formula is C29H38FN3O5. The van der Waals surface area contributed by atoms with Crippen LogP contribution in [0, 0.1) is 5.82 Å². The van der Waals surface area contributed by atoms with Crippen molar-refractivity contribution in [1.82, 2.24) is 9.88 Å². The van der Waals surface area contributed by atoms with Crippen LogP contribution < -0.4 is 10.1 Å². The summed E-state index contributed by atoms with van der Waals surface area (Å²) in [5.41, 5.74) is 3.49. The van der Waals surface area contributed by atoms with E-state index in [0.29, 0.717) is 31.9 Å². The summed E-state index contributed by atoms with van der Waals surface area (Å²) >= 11 is 0. The van der Waals surface area contributed by atoms with Gasteiger partial charge in [-0.1, -0.05) is 12.5 Å². The van der Waals surface area contributed by atoms with Crippen molar-refractivity contribution in [2.24, 2.45) is 0 Å². The van der Waals surface area contributed by atoms with Gasteiger partial charge in [0.15, 0.2) is 0 Å². The first-order chi connectivity index (χ1) is 18.5.